The molecule has 0 heterocycles. The van der Waals surface area contributed by atoms with Gasteiger partial charge in [-0.1, -0.05) is 129 Å². The van der Waals surface area contributed by atoms with Gasteiger partial charge in [-0.3, -0.25) is 18.6 Å². The molecule has 0 spiro atoms. The molecule has 3 atom stereocenters. The summed E-state index contributed by atoms with van der Waals surface area (Å²) >= 11 is 0. The number of carbonyl (C=O) groups is 2. The van der Waals surface area contributed by atoms with Crippen molar-refractivity contribution in [3.8, 4) is 0 Å². The van der Waals surface area contributed by atoms with Crippen LogP contribution in [0.2, 0.25) is 0 Å². The zero-order valence-corrected chi connectivity index (χ0v) is 30.6. The van der Waals surface area contributed by atoms with Crippen molar-refractivity contribution in [2.24, 2.45) is 0 Å². The number of esters is 2. The Balaban J connectivity index is 4.39. The molecule has 0 fully saturated rings. The van der Waals surface area contributed by atoms with E-state index in [2.05, 4.69) is 30.5 Å². The lowest BCUT2D eigenvalue weighted by Crippen LogP contribution is -2.29. The minimum absolute atomic E-state index is 0.177. The van der Waals surface area contributed by atoms with Gasteiger partial charge in [0, 0.05) is 12.8 Å². The van der Waals surface area contributed by atoms with Gasteiger partial charge in [0.2, 0.25) is 0 Å². The van der Waals surface area contributed by atoms with E-state index in [4.69, 9.17) is 19.1 Å². The van der Waals surface area contributed by atoms with Crippen molar-refractivity contribution >= 4 is 19.8 Å². The Morgan fingerprint density at radius 3 is 1.55 bits per heavy atom. The van der Waals surface area contributed by atoms with Crippen LogP contribution in [0, 0.1) is 0 Å². The summed E-state index contributed by atoms with van der Waals surface area (Å²) in [6, 6.07) is 0. The molecule has 0 bridgehead atoms. The second kappa shape index (κ2) is 33.2. The fraction of sp³-hybridized carbons (Fsp3) is 0.889. The van der Waals surface area contributed by atoms with E-state index < -0.39 is 51.8 Å². The molecule has 0 saturated carbocycles. The van der Waals surface area contributed by atoms with Crippen molar-refractivity contribution in [3.63, 3.8) is 0 Å². The summed E-state index contributed by atoms with van der Waals surface area (Å²) in [6.45, 7) is 2.33. The van der Waals surface area contributed by atoms with Gasteiger partial charge in [0.25, 0.3) is 0 Å². The Bertz CT molecular complexity index is 807. The summed E-state index contributed by atoms with van der Waals surface area (Å²) in [5, 5.41) is 18.2. The number of aliphatic hydroxyl groups is 2. The molecule has 0 saturated heterocycles. The lowest BCUT2D eigenvalue weighted by Gasteiger charge is -2.20. The average Bonchev–Trinajstić information content (AvgIpc) is 3.05. The monoisotopic (exact) mass is 692 g/mol. The molecule has 47 heavy (non-hydrogen) atoms. The first kappa shape index (κ1) is 45.7. The Morgan fingerprint density at radius 2 is 1.04 bits per heavy atom. The van der Waals surface area contributed by atoms with Crippen molar-refractivity contribution in [3.05, 3.63) is 12.2 Å². The fourth-order valence-corrected chi connectivity index (χ4v) is 5.78. The highest BCUT2D eigenvalue weighted by atomic mass is 31.2. The minimum atomic E-state index is -4.60. The van der Waals surface area contributed by atoms with Gasteiger partial charge in [0.05, 0.1) is 19.8 Å². The largest absolute Gasteiger partial charge is 0.472 e. The molecule has 3 N–H and O–H groups in total. The summed E-state index contributed by atoms with van der Waals surface area (Å²) in [5.41, 5.74) is 0. The van der Waals surface area contributed by atoms with Crippen LogP contribution in [0.4, 0.5) is 0 Å². The molecule has 0 aromatic heterocycles. The summed E-state index contributed by atoms with van der Waals surface area (Å²) in [6.07, 6.45) is 27.5. The first-order valence-corrected chi connectivity index (χ1v) is 20.1. The smallest absolute Gasteiger partial charge is 0.462 e. The second-order valence-corrected chi connectivity index (χ2v) is 14.1. The van der Waals surface area contributed by atoms with Gasteiger partial charge < -0.3 is 24.6 Å². The van der Waals surface area contributed by atoms with Gasteiger partial charge >= 0.3 is 19.8 Å². The third-order valence-electron chi connectivity index (χ3n) is 7.92. The number of hydrogen-bond donors (Lipinski definition) is 3. The minimum Gasteiger partial charge on any atom is -0.462 e. The lowest BCUT2D eigenvalue weighted by molar-refractivity contribution is -0.161. The average molecular weight is 693 g/mol. The molecule has 0 radical (unpaired) electrons. The van der Waals surface area contributed by atoms with Crippen molar-refractivity contribution in [1.82, 2.24) is 0 Å². The number of aliphatic hydroxyl groups excluding tert-OH is 2. The first-order chi connectivity index (χ1) is 22.7. The zero-order chi connectivity index (χ0) is 34.9. The molecule has 0 aliphatic carbocycles. The summed E-state index contributed by atoms with van der Waals surface area (Å²) in [7, 11) is -4.60. The van der Waals surface area contributed by atoms with Crippen LogP contribution in [-0.2, 0) is 32.7 Å². The van der Waals surface area contributed by atoms with Gasteiger partial charge in [-0.25, -0.2) is 4.57 Å². The van der Waals surface area contributed by atoms with Gasteiger partial charge in [-0.15, -0.1) is 0 Å². The molecule has 10 nitrogen and oxygen atoms in total. The molecule has 0 aliphatic heterocycles. The van der Waals surface area contributed by atoms with Gasteiger partial charge in [0.15, 0.2) is 6.10 Å². The second-order valence-electron chi connectivity index (χ2n) is 12.6. The third kappa shape index (κ3) is 33.0. The van der Waals surface area contributed by atoms with E-state index in [9.17, 15) is 24.2 Å². The summed E-state index contributed by atoms with van der Waals surface area (Å²) < 4.78 is 32.5. The van der Waals surface area contributed by atoms with Gasteiger partial charge in [0.1, 0.15) is 12.7 Å². The van der Waals surface area contributed by atoms with E-state index in [1.54, 1.807) is 0 Å². The predicted octanol–water partition coefficient (Wildman–Crippen LogP) is 8.89. The maximum Gasteiger partial charge on any atom is 0.472 e. The van der Waals surface area contributed by atoms with E-state index in [-0.39, 0.29) is 19.4 Å². The Morgan fingerprint density at radius 1 is 0.617 bits per heavy atom. The van der Waals surface area contributed by atoms with E-state index in [1.165, 1.54) is 70.6 Å². The zero-order valence-electron chi connectivity index (χ0n) is 29.8. The molecule has 0 amide bonds. The number of ether oxygens (including phenoxy) is 2. The maximum absolute atomic E-state index is 12.5. The molecule has 0 aliphatic rings. The Kier molecular flexibility index (Phi) is 32.3. The maximum atomic E-state index is 12.5. The molecule has 0 rings (SSSR count). The molecular formula is C36H69O10P. The van der Waals surface area contributed by atoms with E-state index in [1.807, 2.05) is 0 Å². The summed E-state index contributed by atoms with van der Waals surface area (Å²) in [5.74, 6) is -0.932. The molecule has 0 aromatic carbocycles. The normalized spacial score (nSPS) is 14.2. The predicted molar refractivity (Wildman–Crippen MR) is 187 cm³/mol. The quantitative estimate of drug-likeness (QED) is 0.0254. The summed E-state index contributed by atoms with van der Waals surface area (Å²) in [4.78, 5) is 34.7. The van der Waals surface area contributed by atoms with Crippen LogP contribution >= 0.6 is 7.82 Å². The number of hydrogen-bond acceptors (Lipinski definition) is 9. The topological polar surface area (TPSA) is 149 Å². The van der Waals surface area contributed by atoms with Crippen LogP contribution in [0.25, 0.3) is 0 Å². The van der Waals surface area contributed by atoms with E-state index in [0.29, 0.717) is 12.8 Å². The number of rotatable bonds is 35. The molecule has 11 heteroatoms. The lowest BCUT2D eigenvalue weighted by atomic mass is 10.1. The van der Waals surface area contributed by atoms with Gasteiger partial charge in [-0.05, 0) is 38.5 Å². The van der Waals surface area contributed by atoms with E-state index >= 15 is 0 Å². The third-order valence-corrected chi connectivity index (χ3v) is 8.87. The van der Waals surface area contributed by atoms with Crippen molar-refractivity contribution in [1.29, 1.82) is 0 Å². The molecule has 0 aromatic rings. The first-order valence-electron chi connectivity index (χ1n) is 18.6. The van der Waals surface area contributed by atoms with Crippen LogP contribution in [-0.4, -0.2) is 65.7 Å². The van der Waals surface area contributed by atoms with Crippen LogP contribution in [0.3, 0.4) is 0 Å². The van der Waals surface area contributed by atoms with Crippen LogP contribution in [0.15, 0.2) is 12.2 Å². The van der Waals surface area contributed by atoms with Crippen LogP contribution < -0.4 is 0 Å². The molecular weight excluding hydrogens is 623 g/mol. The molecule has 3 unspecified atom stereocenters. The number of allylic oxidation sites excluding steroid dienone is 2. The SMILES string of the molecule is CCCCCC/C=C\CCCCCCCC(=O)OC(COC(=O)CCCCCCCCCCCCC)COP(=O)(O)OCC(O)CO. The van der Waals surface area contributed by atoms with E-state index in [0.717, 1.165) is 57.8 Å². The number of phosphoric acid groups is 1. The van der Waals surface area contributed by atoms with Crippen molar-refractivity contribution in [2.75, 3.05) is 26.4 Å². The fourth-order valence-electron chi connectivity index (χ4n) is 4.99. The Hall–Kier alpha value is -1.29. The number of unbranched alkanes of at least 4 members (excludes halogenated alkanes) is 19. The van der Waals surface area contributed by atoms with Gasteiger partial charge in [-0.2, -0.15) is 0 Å². The van der Waals surface area contributed by atoms with Crippen LogP contribution in [0.5, 0.6) is 0 Å². The number of carbonyl (C=O) groups excluding carboxylic acids is 2. The highest BCUT2D eigenvalue weighted by Gasteiger charge is 2.27. The molecule has 278 valence electrons. The standard InChI is InChI=1S/C36H69O10P/c1-3-5-7-9-11-13-15-16-18-20-22-24-26-28-36(40)46-34(32-45-47(41,42)44-30-33(38)29-37)31-43-35(39)27-25-23-21-19-17-14-12-10-8-6-4-2/h13,15,33-34,37-38H,3-12,14,16-32H2,1-2H3,(H,41,42)/b15-13-. The number of phosphoric ester groups is 1. The highest BCUT2D eigenvalue weighted by molar-refractivity contribution is 7.47. The van der Waals surface area contributed by atoms with Crippen LogP contribution in [0.1, 0.15) is 168 Å². The highest BCUT2D eigenvalue weighted by Crippen LogP contribution is 2.43. The van der Waals surface area contributed by atoms with Crippen molar-refractivity contribution in [2.45, 2.75) is 180 Å². The Labute approximate surface area is 286 Å². The van der Waals surface area contributed by atoms with Crippen molar-refractivity contribution < 1.29 is 47.8 Å².